The molecule has 1 aromatic carbocycles. The molecule has 2 rings (SSSR count). The number of amides is 2. The second-order valence-electron chi connectivity index (χ2n) is 6.63. The van der Waals surface area contributed by atoms with Crippen LogP contribution in [0.15, 0.2) is 35.5 Å². The highest BCUT2D eigenvalue weighted by Crippen LogP contribution is 2.18. The predicted octanol–water partition coefficient (Wildman–Crippen LogP) is 2.43. The molecule has 9 nitrogen and oxygen atoms in total. The zero-order valence-corrected chi connectivity index (χ0v) is 16.1. The van der Waals surface area contributed by atoms with Gasteiger partial charge in [-0.3, -0.25) is 19.7 Å². The summed E-state index contributed by atoms with van der Waals surface area (Å²) in [6.07, 6.45) is -0.174. The first kappa shape index (κ1) is 21.2. The Morgan fingerprint density at radius 2 is 1.93 bits per heavy atom. The van der Waals surface area contributed by atoms with Gasteiger partial charge in [0.05, 0.1) is 0 Å². The lowest BCUT2D eigenvalue weighted by molar-refractivity contribution is -0.144. The molecular weight excluding hydrogens is 366 g/mol. The van der Waals surface area contributed by atoms with E-state index in [1.807, 2.05) is 6.07 Å². The Morgan fingerprint density at radius 3 is 2.57 bits per heavy atom. The highest BCUT2D eigenvalue weighted by atomic mass is 16.7. The minimum absolute atomic E-state index is 0.0510. The zero-order valence-electron chi connectivity index (χ0n) is 16.1. The van der Waals surface area contributed by atoms with Gasteiger partial charge in [-0.25, -0.2) is 4.79 Å². The van der Waals surface area contributed by atoms with Crippen LogP contribution in [0.5, 0.6) is 0 Å². The number of para-hydroxylation sites is 1. The predicted molar refractivity (Wildman–Crippen MR) is 101 cm³/mol. The molecule has 2 amide bonds. The Hall–Kier alpha value is -3.10. The number of carbonyl (C=O) groups is 3. The monoisotopic (exact) mass is 391 g/mol. The van der Waals surface area contributed by atoms with Crippen molar-refractivity contribution in [3.8, 4) is 0 Å². The van der Waals surface area contributed by atoms with E-state index in [4.69, 9.17) is 14.3 Å². The van der Waals surface area contributed by atoms with E-state index in [1.165, 1.54) is 6.92 Å². The van der Waals surface area contributed by atoms with E-state index in [2.05, 4.69) is 15.8 Å². The van der Waals surface area contributed by atoms with E-state index >= 15 is 0 Å². The molecule has 1 aliphatic heterocycles. The van der Waals surface area contributed by atoms with Crippen molar-refractivity contribution >= 4 is 29.6 Å². The third-order valence-electron chi connectivity index (χ3n) is 3.91. The molecule has 2 N–H and O–H groups in total. The number of nitrogens with one attached hydrogen (secondary N) is 2. The first-order valence-electron chi connectivity index (χ1n) is 9.06. The summed E-state index contributed by atoms with van der Waals surface area (Å²) in [5, 5.41) is 9.12. The van der Waals surface area contributed by atoms with Gasteiger partial charge in [-0.2, -0.15) is 0 Å². The molecule has 0 aromatic heterocycles. The molecule has 0 bridgehead atoms. The van der Waals surface area contributed by atoms with Crippen LogP contribution in [0.25, 0.3) is 0 Å². The Balaban J connectivity index is 2.02. The summed E-state index contributed by atoms with van der Waals surface area (Å²) in [4.78, 5) is 39.8. The van der Waals surface area contributed by atoms with Crippen LogP contribution in [-0.4, -0.2) is 42.6 Å². The third kappa shape index (κ3) is 6.90. The van der Waals surface area contributed by atoms with Crippen LogP contribution >= 0.6 is 0 Å². The number of benzene rings is 1. The van der Waals surface area contributed by atoms with Crippen molar-refractivity contribution in [2.24, 2.45) is 11.1 Å². The molecule has 2 atom stereocenters. The van der Waals surface area contributed by atoms with Crippen molar-refractivity contribution in [2.75, 3.05) is 11.9 Å². The van der Waals surface area contributed by atoms with E-state index in [1.54, 1.807) is 38.1 Å². The normalized spacial score (nSPS) is 20.2. The lowest BCUT2D eigenvalue weighted by Gasteiger charge is -2.30. The molecule has 1 aromatic rings. The van der Waals surface area contributed by atoms with Gasteiger partial charge in [0.25, 0.3) is 0 Å². The quantitative estimate of drug-likeness (QED) is 0.437. The molecule has 1 aliphatic rings. The second-order valence-corrected chi connectivity index (χ2v) is 6.63. The lowest BCUT2D eigenvalue weighted by atomic mass is 10.0. The summed E-state index contributed by atoms with van der Waals surface area (Å²) < 4.78 is 10.6. The van der Waals surface area contributed by atoms with Crippen molar-refractivity contribution in [1.29, 1.82) is 0 Å². The summed E-state index contributed by atoms with van der Waals surface area (Å²) >= 11 is 0. The fourth-order valence-corrected chi connectivity index (χ4v) is 2.42. The van der Waals surface area contributed by atoms with Gasteiger partial charge < -0.3 is 14.8 Å². The number of oxime groups is 1. The van der Waals surface area contributed by atoms with Crippen LogP contribution in [0, 0.1) is 5.92 Å². The fourth-order valence-electron chi connectivity index (χ4n) is 2.42. The third-order valence-corrected chi connectivity index (χ3v) is 3.91. The van der Waals surface area contributed by atoms with Crippen LogP contribution in [-0.2, 0) is 23.9 Å². The maximum atomic E-state index is 12.0. The van der Waals surface area contributed by atoms with Crippen molar-refractivity contribution < 1.29 is 28.7 Å². The molecule has 28 heavy (non-hydrogen) atoms. The highest BCUT2D eigenvalue weighted by Gasteiger charge is 2.31. The van der Waals surface area contributed by atoms with Gasteiger partial charge in [-0.1, -0.05) is 32.0 Å². The molecule has 1 saturated heterocycles. The van der Waals surface area contributed by atoms with E-state index in [9.17, 15) is 14.4 Å². The summed E-state index contributed by atoms with van der Waals surface area (Å²) in [5.41, 5.74) is 0.551. The summed E-state index contributed by atoms with van der Waals surface area (Å²) in [6.45, 7) is 4.89. The van der Waals surface area contributed by atoms with E-state index < -0.39 is 24.2 Å². The lowest BCUT2D eigenvalue weighted by Crippen LogP contribution is -2.48. The van der Waals surface area contributed by atoms with Gasteiger partial charge in [0.2, 0.25) is 11.8 Å². The van der Waals surface area contributed by atoms with Crippen LogP contribution in [0.4, 0.5) is 10.5 Å². The number of hydrogen-bond donors (Lipinski definition) is 2. The molecule has 1 fully saturated rings. The van der Waals surface area contributed by atoms with Crippen LogP contribution < -0.4 is 10.6 Å². The number of rotatable bonds is 6. The number of anilines is 1. The fraction of sp³-hybridized carbons (Fsp3) is 0.474. The van der Waals surface area contributed by atoms with Gasteiger partial charge in [-0.05, 0) is 30.1 Å². The van der Waals surface area contributed by atoms with Gasteiger partial charge in [-0.15, -0.1) is 0 Å². The van der Waals surface area contributed by atoms with Gasteiger partial charge in [0.1, 0.15) is 18.8 Å². The summed E-state index contributed by atoms with van der Waals surface area (Å²) in [7, 11) is 0. The molecule has 152 valence electrons. The standard InChI is InChI=1S/C19H25N3O6/c1-12(2)17(24)21-16-10-9-15(11-26-13(3)23)27-18(16)22-28-19(25)20-14-7-5-4-6-8-14/h4-8,12,15-16H,9-11H2,1-3H3,(H,20,25)(H,21,24)/t15-,16-/m1/s1. The minimum Gasteiger partial charge on any atom is -0.470 e. The molecule has 0 saturated carbocycles. The number of carbonyl (C=O) groups excluding carboxylic acids is 3. The van der Waals surface area contributed by atoms with Crippen molar-refractivity contribution in [2.45, 2.75) is 45.8 Å². The molecule has 0 unspecified atom stereocenters. The first-order valence-corrected chi connectivity index (χ1v) is 9.06. The number of esters is 1. The van der Waals surface area contributed by atoms with Crippen molar-refractivity contribution in [1.82, 2.24) is 5.32 Å². The van der Waals surface area contributed by atoms with Crippen LogP contribution in [0.1, 0.15) is 33.6 Å². The van der Waals surface area contributed by atoms with Crippen molar-refractivity contribution in [3.63, 3.8) is 0 Å². The molecular formula is C19H25N3O6. The second kappa shape index (κ2) is 10.3. The maximum absolute atomic E-state index is 12.0. The van der Waals surface area contributed by atoms with Gasteiger partial charge >= 0.3 is 12.1 Å². The largest absolute Gasteiger partial charge is 0.470 e. The topological polar surface area (TPSA) is 115 Å². The average molecular weight is 391 g/mol. The number of hydrogen-bond acceptors (Lipinski definition) is 7. The van der Waals surface area contributed by atoms with E-state index in [0.717, 1.165) is 0 Å². The average Bonchev–Trinajstić information content (AvgIpc) is 2.66. The van der Waals surface area contributed by atoms with Crippen LogP contribution in [0.2, 0.25) is 0 Å². The van der Waals surface area contributed by atoms with Crippen LogP contribution in [0.3, 0.4) is 0 Å². The Labute approximate surface area is 163 Å². The van der Waals surface area contributed by atoms with Gasteiger partial charge in [0.15, 0.2) is 0 Å². The Kier molecular flexibility index (Phi) is 7.79. The maximum Gasteiger partial charge on any atom is 0.437 e. The Morgan fingerprint density at radius 1 is 1.21 bits per heavy atom. The first-order chi connectivity index (χ1) is 13.3. The number of nitrogens with zero attached hydrogens (tertiary/aromatic N) is 1. The molecule has 0 spiro atoms. The number of ether oxygens (including phenoxy) is 2. The van der Waals surface area contributed by atoms with Crippen molar-refractivity contribution in [3.05, 3.63) is 30.3 Å². The minimum atomic E-state index is -0.793. The summed E-state index contributed by atoms with van der Waals surface area (Å²) in [6, 6.07) is 8.22. The summed E-state index contributed by atoms with van der Waals surface area (Å²) in [5.74, 6) is -0.757. The SMILES string of the molecule is CC(=O)OC[C@H]1CC[C@@H](NC(=O)C(C)C)C(=NOC(=O)Nc2ccccc2)O1. The highest BCUT2D eigenvalue weighted by molar-refractivity contribution is 5.90. The molecule has 1 heterocycles. The molecule has 9 heteroatoms. The molecule has 0 aliphatic carbocycles. The van der Waals surface area contributed by atoms with E-state index in [-0.39, 0.29) is 24.3 Å². The zero-order chi connectivity index (χ0) is 20.5. The molecule has 0 radical (unpaired) electrons. The smallest absolute Gasteiger partial charge is 0.437 e. The van der Waals surface area contributed by atoms with E-state index in [0.29, 0.717) is 18.5 Å². The Bertz CT molecular complexity index is 720. The van der Waals surface area contributed by atoms with Gasteiger partial charge in [0, 0.05) is 18.5 Å².